The zero-order valence-electron chi connectivity index (χ0n) is 15.5. The van der Waals surface area contributed by atoms with Crippen LogP contribution in [0.1, 0.15) is 25.7 Å². The van der Waals surface area contributed by atoms with Crippen LogP contribution in [0.5, 0.6) is 5.75 Å². The molecule has 0 saturated carbocycles. The quantitative estimate of drug-likeness (QED) is 0.866. The van der Waals surface area contributed by atoms with Gasteiger partial charge in [-0.2, -0.15) is 0 Å². The number of carbonyl (C=O) groups is 1. The van der Waals surface area contributed by atoms with Gasteiger partial charge in [-0.05, 0) is 50.2 Å². The van der Waals surface area contributed by atoms with Crippen molar-refractivity contribution in [2.75, 3.05) is 26.2 Å². The molecule has 0 spiro atoms. The summed E-state index contributed by atoms with van der Waals surface area (Å²) < 4.78 is 6.48. The fourth-order valence-electron chi connectivity index (χ4n) is 4.78. The van der Waals surface area contributed by atoms with Crippen LogP contribution in [0, 0.1) is 0 Å². The number of piperazine rings is 1. The highest BCUT2D eigenvalue weighted by molar-refractivity contribution is 5.86. The van der Waals surface area contributed by atoms with Crippen molar-refractivity contribution in [1.82, 2.24) is 20.5 Å². The first-order valence-corrected chi connectivity index (χ1v) is 10.0. The van der Waals surface area contributed by atoms with Crippen LogP contribution >= 0.6 is 0 Å². The lowest BCUT2D eigenvalue weighted by atomic mass is 9.89. The van der Waals surface area contributed by atoms with Crippen LogP contribution in [-0.2, 0) is 4.79 Å². The van der Waals surface area contributed by atoms with E-state index in [-0.39, 0.29) is 5.91 Å². The lowest BCUT2D eigenvalue weighted by molar-refractivity contribution is -0.152. The second-order valence-corrected chi connectivity index (χ2v) is 8.05. The van der Waals surface area contributed by atoms with Crippen LogP contribution in [0.15, 0.2) is 36.5 Å². The summed E-state index contributed by atoms with van der Waals surface area (Å²) in [7, 11) is 0. The number of pyridine rings is 1. The molecule has 1 aromatic carbocycles. The van der Waals surface area contributed by atoms with Crippen LogP contribution in [0.4, 0.5) is 0 Å². The molecule has 2 atom stereocenters. The molecule has 3 aliphatic heterocycles. The molecule has 2 aromatic rings. The molecule has 0 unspecified atom stereocenters. The van der Waals surface area contributed by atoms with E-state index in [2.05, 4.69) is 15.6 Å². The minimum atomic E-state index is -0.766. The summed E-state index contributed by atoms with van der Waals surface area (Å²) in [5.74, 6) is 0.914. The molecule has 3 aliphatic rings. The molecule has 2 N–H and O–H groups in total. The van der Waals surface area contributed by atoms with Crippen molar-refractivity contribution in [3.05, 3.63) is 36.5 Å². The summed E-state index contributed by atoms with van der Waals surface area (Å²) >= 11 is 0. The molecule has 1 amide bonds. The SMILES string of the molecule is O=C(N1C[C@H]2CC[C@@H](C1)N2)C1(Oc2ccc3ncccc3c2)CCNCC1. The Labute approximate surface area is 159 Å². The van der Waals surface area contributed by atoms with Gasteiger partial charge in [-0.15, -0.1) is 0 Å². The maximum atomic E-state index is 13.6. The van der Waals surface area contributed by atoms with Gasteiger partial charge in [0.15, 0.2) is 5.60 Å². The first-order chi connectivity index (χ1) is 13.2. The highest BCUT2D eigenvalue weighted by atomic mass is 16.5. The van der Waals surface area contributed by atoms with E-state index in [0.29, 0.717) is 24.9 Å². The Morgan fingerprint density at radius 1 is 1.15 bits per heavy atom. The molecule has 3 fully saturated rings. The van der Waals surface area contributed by atoms with Crippen LogP contribution in [0.3, 0.4) is 0 Å². The molecule has 2 bridgehead atoms. The van der Waals surface area contributed by atoms with Gasteiger partial charge in [0, 0.05) is 49.6 Å². The van der Waals surface area contributed by atoms with Crippen LogP contribution in [-0.4, -0.2) is 59.7 Å². The number of hydrogen-bond donors (Lipinski definition) is 2. The normalized spacial score (nSPS) is 26.9. The van der Waals surface area contributed by atoms with Gasteiger partial charge >= 0.3 is 0 Å². The zero-order chi connectivity index (χ0) is 18.3. The predicted octanol–water partition coefficient (Wildman–Crippen LogP) is 1.70. The van der Waals surface area contributed by atoms with Crippen molar-refractivity contribution < 1.29 is 9.53 Å². The number of piperidine rings is 1. The molecular weight excluding hydrogens is 340 g/mol. The van der Waals surface area contributed by atoms with Crippen LogP contribution in [0.2, 0.25) is 0 Å². The van der Waals surface area contributed by atoms with Crippen molar-refractivity contribution in [2.24, 2.45) is 0 Å². The van der Waals surface area contributed by atoms with Gasteiger partial charge in [-0.3, -0.25) is 9.78 Å². The van der Waals surface area contributed by atoms with Gasteiger partial charge in [0.1, 0.15) is 5.75 Å². The lowest BCUT2D eigenvalue weighted by Crippen LogP contribution is -2.62. The molecule has 0 radical (unpaired) electrons. The molecular formula is C21H26N4O2. The smallest absolute Gasteiger partial charge is 0.266 e. The maximum Gasteiger partial charge on any atom is 0.266 e. The van der Waals surface area contributed by atoms with Crippen molar-refractivity contribution in [1.29, 1.82) is 0 Å². The number of amides is 1. The standard InChI is InChI=1S/C21H26N4O2/c26-20(25-13-16-3-4-17(14-25)24-16)21(7-10-22-11-8-21)27-18-5-6-19-15(12-18)2-1-9-23-19/h1-2,5-6,9,12,16-17,22,24H,3-4,7-8,10-11,13-14H2/t16-,17+. The van der Waals surface area contributed by atoms with Gasteiger partial charge in [0.05, 0.1) is 5.52 Å². The van der Waals surface area contributed by atoms with Crippen molar-refractivity contribution in [3.8, 4) is 5.75 Å². The molecule has 6 heteroatoms. The first kappa shape index (κ1) is 17.0. The minimum Gasteiger partial charge on any atom is -0.477 e. The van der Waals surface area contributed by atoms with Gasteiger partial charge in [0.2, 0.25) is 0 Å². The Hall–Kier alpha value is -2.18. The number of carbonyl (C=O) groups excluding carboxylic acids is 1. The van der Waals surface area contributed by atoms with E-state index in [1.165, 1.54) is 12.8 Å². The Balaban J connectivity index is 1.43. The van der Waals surface area contributed by atoms with Crippen LogP contribution in [0.25, 0.3) is 10.9 Å². The second kappa shape index (κ2) is 6.77. The highest BCUT2D eigenvalue weighted by Crippen LogP contribution is 2.32. The average molecular weight is 366 g/mol. The van der Waals surface area contributed by atoms with Gasteiger partial charge < -0.3 is 20.3 Å². The third-order valence-corrected chi connectivity index (χ3v) is 6.19. The summed E-state index contributed by atoms with van der Waals surface area (Å²) in [5, 5.41) is 8.01. The number of benzene rings is 1. The largest absolute Gasteiger partial charge is 0.477 e. The Morgan fingerprint density at radius 2 is 1.93 bits per heavy atom. The third-order valence-electron chi connectivity index (χ3n) is 6.19. The summed E-state index contributed by atoms with van der Waals surface area (Å²) in [6, 6.07) is 10.7. The Kier molecular flexibility index (Phi) is 4.25. The Morgan fingerprint density at radius 3 is 2.70 bits per heavy atom. The molecule has 4 heterocycles. The lowest BCUT2D eigenvalue weighted by Gasteiger charge is -2.42. The number of aromatic nitrogens is 1. The van der Waals surface area contributed by atoms with Crippen molar-refractivity contribution in [3.63, 3.8) is 0 Å². The minimum absolute atomic E-state index is 0.161. The second-order valence-electron chi connectivity index (χ2n) is 8.05. The fourth-order valence-corrected chi connectivity index (χ4v) is 4.78. The monoisotopic (exact) mass is 366 g/mol. The number of hydrogen-bond acceptors (Lipinski definition) is 5. The molecule has 3 saturated heterocycles. The summed E-state index contributed by atoms with van der Waals surface area (Å²) in [4.78, 5) is 20.0. The molecule has 6 nitrogen and oxygen atoms in total. The van der Waals surface area contributed by atoms with Gasteiger partial charge in [0.25, 0.3) is 5.91 Å². The zero-order valence-corrected chi connectivity index (χ0v) is 15.5. The van der Waals surface area contributed by atoms with E-state index < -0.39 is 5.60 Å². The molecule has 1 aromatic heterocycles. The van der Waals surface area contributed by atoms with Crippen molar-refractivity contribution >= 4 is 16.8 Å². The fraction of sp³-hybridized carbons (Fsp3) is 0.524. The number of ether oxygens (including phenoxy) is 1. The first-order valence-electron chi connectivity index (χ1n) is 10.0. The number of likely N-dealkylation sites (tertiary alicyclic amines) is 1. The van der Waals surface area contributed by atoms with E-state index in [1.807, 2.05) is 35.2 Å². The van der Waals surface area contributed by atoms with E-state index in [9.17, 15) is 4.79 Å². The number of fused-ring (bicyclic) bond motifs is 3. The number of nitrogens with one attached hydrogen (secondary N) is 2. The number of rotatable bonds is 3. The molecule has 27 heavy (non-hydrogen) atoms. The van der Waals surface area contributed by atoms with E-state index in [0.717, 1.165) is 42.8 Å². The molecule has 0 aliphatic carbocycles. The average Bonchev–Trinajstić information content (AvgIpc) is 3.05. The summed E-state index contributed by atoms with van der Waals surface area (Å²) in [6.07, 6.45) is 5.54. The van der Waals surface area contributed by atoms with E-state index in [4.69, 9.17) is 4.74 Å². The van der Waals surface area contributed by atoms with Crippen molar-refractivity contribution in [2.45, 2.75) is 43.4 Å². The third kappa shape index (κ3) is 3.17. The Bertz CT molecular complexity index is 837. The summed E-state index contributed by atoms with van der Waals surface area (Å²) in [6.45, 7) is 3.21. The predicted molar refractivity (Wildman–Crippen MR) is 104 cm³/mol. The van der Waals surface area contributed by atoms with E-state index in [1.54, 1.807) is 6.20 Å². The summed E-state index contributed by atoms with van der Waals surface area (Å²) in [5.41, 5.74) is 0.173. The maximum absolute atomic E-state index is 13.6. The van der Waals surface area contributed by atoms with Crippen LogP contribution < -0.4 is 15.4 Å². The van der Waals surface area contributed by atoms with Gasteiger partial charge in [-0.1, -0.05) is 6.07 Å². The van der Waals surface area contributed by atoms with E-state index >= 15 is 0 Å². The molecule has 142 valence electrons. The highest BCUT2D eigenvalue weighted by Gasteiger charge is 2.47. The topological polar surface area (TPSA) is 66.5 Å². The number of nitrogens with zero attached hydrogens (tertiary/aromatic N) is 2. The molecule has 5 rings (SSSR count). The van der Waals surface area contributed by atoms with Gasteiger partial charge in [-0.25, -0.2) is 0 Å².